The number of allylic oxidation sites excluding steroid dienone is 6. The van der Waals surface area contributed by atoms with E-state index in [0.29, 0.717) is 43.6 Å². The number of anilines is 1. The van der Waals surface area contributed by atoms with Crippen LogP contribution in [0.4, 0.5) is 11.4 Å². The molecule has 302 valence electrons. The lowest BCUT2D eigenvalue weighted by atomic mass is 9.79. The molecule has 0 atom stereocenters. The number of unbranched alkanes of at least 4 members (excludes halogenated alkanes) is 2. The van der Waals surface area contributed by atoms with E-state index in [1.807, 2.05) is 67.9 Å². The minimum absolute atomic E-state index is 0.0273. The SMILES string of the molecule is CCN1/C(=C/C=C/C=C/C2=[N+](CCCCCC(=O)O)c3ccc4c(S(=O)(=O)O)cc(S(=O)(=O)O)cc4c3C2(C)C)C(C)(C)c2c1ccc1ccc(S(=O)(=O)O)cc21. The molecule has 0 aromatic heterocycles. The van der Waals surface area contributed by atoms with Gasteiger partial charge in [0, 0.05) is 59.3 Å². The molecule has 2 aliphatic heterocycles. The normalized spacial score (nSPS) is 17.5. The lowest BCUT2D eigenvalue weighted by Crippen LogP contribution is -2.28. The van der Waals surface area contributed by atoms with Crippen LogP contribution in [0.3, 0.4) is 0 Å². The van der Waals surface area contributed by atoms with Gasteiger partial charge in [0.05, 0.1) is 15.2 Å². The number of nitrogens with zero attached hydrogens (tertiary/aromatic N) is 2. The minimum Gasteiger partial charge on any atom is -0.481 e. The number of hydrogen-bond acceptors (Lipinski definition) is 8. The summed E-state index contributed by atoms with van der Waals surface area (Å²) in [5.41, 5.74) is 3.46. The summed E-state index contributed by atoms with van der Waals surface area (Å²) in [6, 6.07) is 13.6. The van der Waals surface area contributed by atoms with Crippen LogP contribution in [0.1, 0.15) is 71.4 Å². The van der Waals surface area contributed by atoms with Gasteiger partial charge in [-0.1, -0.05) is 44.2 Å². The van der Waals surface area contributed by atoms with Gasteiger partial charge in [-0.2, -0.15) is 29.8 Å². The van der Waals surface area contributed by atoms with Crippen LogP contribution in [0.2, 0.25) is 0 Å². The molecule has 6 rings (SSSR count). The molecule has 0 aliphatic carbocycles. The van der Waals surface area contributed by atoms with E-state index in [9.17, 15) is 43.7 Å². The number of carboxylic acids is 1. The third kappa shape index (κ3) is 7.81. The Morgan fingerprint density at radius 3 is 2.02 bits per heavy atom. The maximum atomic E-state index is 12.5. The van der Waals surface area contributed by atoms with Crippen molar-refractivity contribution in [1.29, 1.82) is 0 Å². The van der Waals surface area contributed by atoms with Crippen LogP contribution in [0.15, 0.2) is 105 Å². The van der Waals surface area contributed by atoms with E-state index in [4.69, 9.17) is 5.11 Å². The minimum atomic E-state index is -4.91. The second-order valence-electron chi connectivity index (χ2n) is 15.3. The van der Waals surface area contributed by atoms with Gasteiger partial charge in [0.1, 0.15) is 11.4 Å². The average molecular weight is 838 g/mol. The summed E-state index contributed by atoms with van der Waals surface area (Å²) in [5, 5.41) is 11.0. The summed E-state index contributed by atoms with van der Waals surface area (Å²) < 4.78 is 106. The van der Waals surface area contributed by atoms with E-state index in [2.05, 4.69) is 18.7 Å². The Morgan fingerprint density at radius 2 is 1.39 bits per heavy atom. The van der Waals surface area contributed by atoms with Gasteiger partial charge in [-0.3, -0.25) is 18.5 Å². The Morgan fingerprint density at radius 1 is 0.719 bits per heavy atom. The van der Waals surface area contributed by atoms with Crippen molar-refractivity contribution >= 4 is 75.0 Å². The molecule has 0 bridgehead atoms. The van der Waals surface area contributed by atoms with Gasteiger partial charge in [0.25, 0.3) is 30.4 Å². The number of rotatable bonds is 13. The molecule has 57 heavy (non-hydrogen) atoms. The fourth-order valence-electron chi connectivity index (χ4n) is 8.39. The second kappa shape index (κ2) is 14.9. The molecule has 0 saturated heterocycles. The second-order valence-corrected chi connectivity index (χ2v) is 19.5. The van der Waals surface area contributed by atoms with Crippen LogP contribution < -0.4 is 4.90 Å². The standard InChI is InChI=1S/C41H44N2O11S3/c1-6-42-32-20-17-26-16-18-27(55(46,47)48)23-30(26)38(32)40(2,3)35(42)13-9-7-10-14-36-41(4,5)39-31-24-28(56(49,50)51)25-34(57(52,53)54)29(31)19-21-33(39)43(36)22-12-8-11-15-37(44)45/h7,9-10,13-14,16-21,23-25H,6,8,11-12,15,22H2,1-5H3,(H3-,44,45,46,47,48,49,50,51,52,53,54)/p+1. The van der Waals surface area contributed by atoms with Crippen molar-refractivity contribution < 1.29 is 53.4 Å². The Kier molecular flexibility index (Phi) is 11.0. The van der Waals surface area contributed by atoms with Gasteiger partial charge in [-0.25, -0.2) is 0 Å². The Hall–Kier alpha value is -4.71. The van der Waals surface area contributed by atoms with E-state index < -0.39 is 56.9 Å². The molecule has 4 N–H and O–H groups in total. The van der Waals surface area contributed by atoms with Gasteiger partial charge >= 0.3 is 5.97 Å². The fourth-order valence-corrected chi connectivity index (χ4v) is 10.2. The van der Waals surface area contributed by atoms with E-state index >= 15 is 0 Å². The Bertz CT molecular complexity index is 2820. The highest BCUT2D eigenvalue weighted by Crippen LogP contribution is 2.51. The number of likely N-dealkylation sites (N-methyl/N-ethyl adjacent to an activating group) is 1. The van der Waals surface area contributed by atoms with Crippen LogP contribution in [0.25, 0.3) is 21.5 Å². The van der Waals surface area contributed by atoms with Crippen LogP contribution >= 0.6 is 0 Å². The third-order valence-corrected chi connectivity index (χ3v) is 13.5. The number of benzene rings is 4. The van der Waals surface area contributed by atoms with Crippen LogP contribution in [-0.4, -0.2) is 73.4 Å². The predicted molar refractivity (Wildman–Crippen MR) is 219 cm³/mol. The van der Waals surface area contributed by atoms with Crippen molar-refractivity contribution in [2.75, 3.05) is 18.0 Å². The molecule has 4 aromatic carbocycles. The molecule has 2 aliphatic rings. The molecular weight excluding hydrogens is 793 g/mol. The molecule has 0 radical (unpaired) electrons. The molecule has 16 heteroatoms. The topological polar surface area (TPSA) is 207 Å². The molecule has 0 fully saturated rings. The van der Waals surface area contributed by atoms with Crippen molar-refractivity contribution in [2.24, 2.45) is 0 Å². The van der Waals surface area contributed by atoms with Crippen LogP contribution in [0.5, 0.6) is 0 Å². The first-order chi connectivity index (χ1) is 26.5. The molecule has 0 saturated carbocycles. The van der Waals surface area contributed by atoms with Crippen molar-refractivity contribution in [3.8, 4) is 0 Å². The van der Waals surface area contributed by atoms with Crippen molar-refractivity contribution in [3.05, 3.63) is 102 Å². The molecule has 0 unspecified atom stereocenters. The van der Waals surface area contributed by atoms with E-state index in [1.165, 1.54) is 24.3 Å². The van der Waals surface area contributed by atoms with Gasteiger partial charge in [0.2, 0.25) is 5.69 Å². The summed E-state index contributed by atoms with van der Waals surface area (Å²) in [6.07, 6.45) is 11.2. The number of aliphatic carboxylic acids is 1. The molecular formula is C41H45N2O11S3+. The molecule has 13 nitrogen and oxygen atoms in total. The number of hydrogen-bond donors (Lipinski definition) is 4. The Balaban J connectivity index is 1.42. The van der Waals surface area contributed by atoms with Crippen LogP contribution in [-0.2, 0) is 46.0 Å². The summed E-state index contributed by atoms with van der Waals surface area (Å²) >= 11 is 0. The highest BCUT2D eigenvalue weighted by atomic mass is 32.2. The molecule has 0 spiro atoms. The van der Waals surface area contributed by atoms with E-state index in [0.717, 1.165) is 39.5 Å². The van der Waals surface area contributed by atoms with Gasteiger partial charge in [-0.05, 0) is 97.8 Å². The molecule has 2 heterocycles. The highest BCUT2D eigenvalue weighted by Gasteiger charge is 2.46. The van der Waals surface area contributed by atoms with E-state index in [1.54, 1.807) is 12.1 Å². The monoisotopic (exact) mass is 837 g/mol. The summed E-state index contributed by atoms with van der Waals surface area (Å²) in [5.74, 6) is -0.887. The smallest absolute Gasteiger partial charge is 0.303 e. The maximum absolute atomic E-state index is 12.5. The van der Waals surface area contributed by atoms with E-state index in [-0.39, 0.29) is 22.1 Å². The number of carbonyl (C=O) groups is 1. The predicted octanol–water partition coefficient (Wildman–Crippen LogP) is 7.57. The summed E-state index contributed by atoms with van der Waals surface area (Å²) in [4.78, 5) is 11.8. The van der Waals surface area contributed by atoms with Crippen molar-refractivity contribution in [1.82, 2.24) is 0 Å². The first-order valence-electron chi connectivity index (χ1n) is 18.3. The summed E-state index contributed by atoms with van der Waals surface area (Å²) in [6.45, 7) is 11.0. The zero-order chi connectivity index (χ0) is 41.9. The zero-order valence-electron chi connectivity index (χ0n) is 32.1. The van der Waals surface area contributed by atoms with Crippen molar-refractivity contribution in [2.45, 2.75) is 85.8 Å². The number of carboxylic acid groups (broad SMARTS) is 1. The molecule has 4 aromatic rings. The number of fused-ring (bicyclic) bond motifs is 6. The fraction of sp³-hybridized carbons (Fsp3) is 0.317. The lowest BCUT2D eigenvalue weighted by Gasteiger charge is -2.26. The first-order valence-corrected chi connectivity index (χ1v) is 22.6. The third-order valence-electron chi connectivity index (χ3n) is 10.9. The highest BCUT2D eigenvalue weighted by molar-refractivity contribution is 7.87. The largest absolute Gasteiger partial charge is 0.481 e. The lowest BCUT2D eigenvalue weighted by molar-refractivity contribution is -0.438. The maximum Gasteiger partial charge on any atom is 0.303 e. The zero-order valence-corrected chi connectivity index (χ0v) is 34.5. The molecule has 0 amide bonds. The summed E-state index contributed by atoms with van der Waals surface area (Å²) in [7, 11) is -14.2. The van der Waals surface area contributed by atoms with Gasteiger partial charge in [-0.15, -0.1) is 0 Å². The average Bonchev–Trinajstić information content (AvgIpc) is 3.47. The quantitative estimate of drug-likeness (QED) is 0.0445. The van der Waals surface area contributed by atoms with Gasteiger partial charge < -0.3 is 10.0 Å². The Labute approximate surface area is 332 Å². The first kappa shape index (κ1) is 41.9. The van der Waals surface area contributed by atoms with Gasteiger partial charge in [0.15, 0.2) is 5.71 Å². The van der Waals surface area contributed by atoms with Crippen LogP contribution in [0, 0.1) is 0 Å². The van der Waals surface area contributed by atoms with Crippen molar-refractivity contribution in [3.63, 3.8) is 0 Å².